The molecule has 1 aliphatic heterocycles. The minimum atomic E-state index is 0.199. The number of nitrogens with one attached hydrogen (secondary N) is 1. The van der Waals surface area contributed by atoms with E-state index in [1.807, 2.05) is 0 Å². The first-order valence-corrected chi connectivity index (χ1v) is 6.00. The fourth-order valence-corrected chi connectivity index (χ4v) is 2.07. The summed E-state index contributed by atoms with van der Waals surface area (Å²) in [5.74, 6) is 1.78. The van der Waals surface area contributed by atoms with Crippen molar-refractivity contribution < 1.29 is 9.26 Å². The van der Waals surface area contributed by atoms with Gasteiger partial charge in [-0.1, -0.05) is 5.16 Å². The van der Waals surface area contributed by atoms with E-state index in [1.54, 1.807) is 0 Å². The van der Waals surface area contributed by atoms with Gasteiger partial charge in [0.2, 0.25) is 5.89 Å². The molecule has 0 radical (unpaired) electrons. The highest BCUT2D eigenvalue weighted by atomic mass is 16.5. The summed E-state index contributed by atoms with van der Waals surface area (Å²) in [5.41, 5.74) is 0. The van der Waals surface area contributed by atoms with Crippen LogP contribution >= 0.6 is 0 Å². The summed E-state index contributed by atoms with van der Waals surface area (Å²) >= 11 is 0. The number of aromatic nitrogens is 2. The summed E-state index contributed by atoms with van der Waals surface area (Å²) in [5, 5.41) is 7.36. The average Bonchev–Trinajstić information content (AvgIpc) is 2.82. The molecule has 1 aliphatic carbocycles. The van der Waals surface area contributed by atoms with Crippen molar-refractivity contribution in [2.75, 3.05) is 6.61 Å². The van der Waals surface area contributed by atoms with Gasteiger partial charge in [-0.05, 0) is 26.2 Å². The largest absolute Gasteiger partial charge is 0.378 e. The van der Waals surface area contributed by atoms with E-state index in [9.17, 15) is 0 Å². The van der Waals surface area contributed by atoms with Crippen LogP contribution in [-0.4, -0.2) is 28.9 Å². The van der Waals surface area contributed by atoms with Crippen LogP contribution in [0.1, 0.15) is 43.8 Å². The van der Waals surface area contributed by atoms with Crippen LogP contribution in [0.3, 0.4) is 0 Å². The van der Waals surface area contributed by atoms with E-state index in [0.717, 1.165) is 31.3 Å². The van der Waals surface area contributed by atoms with E-state index in [-0.39, 0.29) is 12.0 Å². The van der Waals surface area contributed by atoms with Crippen molar-refractivity contribution in [2.24, 2.45) is 0 Å². The zero-order valence-electron chi connectivity index (χ0n) is 9.48. The Balaban J connectivity index is 1.62. The van der Waals surface area contributed by atoms with Crippen LogP contribution in [0, 0.1) is 0 Å². The molecular weight excluding hydrogens is 206 g/mol. The van der Waals surface area contributed by atoms with Gasteiger partial charge in [0.05, 0.1) is 18.6 Å². The fourth-order valence-electron chi connectivity index (χ4n) is 2.07. The topological polar surface area (TPSA) is 60.2 Å². The molecule has 5 heteroatoms. The maximum atomic E-state index is 5.49. The Labute approximate surface area is 94.6 Å². The summed E-state index contributed by atoms with van der Waals surface area (Å²) in [6.07, 6.45) is 3.74. The van der Waals surface area contributed by atoms with Gasteiger partial charge in [0.1, 0.15) is 0 Å². The third kappa shape index (κ3) is 2.10. The molecule has 16 heavy (non-hydrogen) atoms. The first kappa shape index (κ1) is 10.2. The first-order valence-electron chi connectivity index (χ1n) is 6.00. The van der Waals surface area contributed by atoms with Gasteiger partial charge in [0.15, 0.2) is 5.82 Å². The van der Waals surface area contributed by atoms with Crippen LogP contribution in [-0.2, 0) is 11.3 Å². The van der Waals surface area contributed by atoms with Crippen LogP contribution in [0.4, 0.5) is 0 Å². The lowest BCUT2D eigenvalue weighted by Gasteiger charge is -2.07. The third-order valence-electron chi connectivity index (χ3n) is 3.30. The van der Waals surface area contributed by atoms with E-state index in [2.05, 4.69) is 22.4 Å². The van der Waals surface area contributed by atoms with Gasteiger partial charge in [-0.15, -0.1) is 0 Å². The number of hydrogen-bond donors (Lipinski definition) is 1. The number of nitrogens with zero attached hydrogens (tertiary/aromatic N) is 2. The smallest absolute Gasteiger partial charge is 0.232 e. The standard InChI is InChI=1S/C11H17N3O2/c1-7-9(4-5-15-7)11-13-10(14-16-11)6-12-8-2-3-8/h7-9,12H,2-6H2,1H3. The van der Waals surface area contributed by atoms with Crippen molar-refractivity contribution in [2.45, 2.75) is 50.8 Å². The highest BCUT2D eigenvalue weighted by molar-refractivity contribution is 4.99. The predicted octanol–water partition coefficient (Wildman–Crippen LogP) is 1.21. The number of ether oxygens (including phenoxy) is 1. The molecule has 2 atom stereocenters. The maximum Gasteiger partial charge on any atom is 0.232 e. The molecule has 1 aromatic heterocycles. The van der Waals surface area contributed by atoms with E-state index in [0.29, 0.717) is 6.04 Å². The molecule has 0 bridgehead atoms. The first-order chi connectivity index (χ1) is 7.83. The molecule has 2 unspecified atom stereocenters. The molecule has 1 saturated carbocycles. The fraction of sp³-hybridized carbons (Fsp3) is 0.818. The van der Waals surface area contributed by atoms with E-state index in [1.165, 1.54) is 12.8 Å². The van der Waals surface area contributed by atoms with Crippen molar-refractivity contribution in [3.63, 3.8) is 0 Å². The number of rotatable bonds is 4. The molecule has 88 valence electrons. The highest BCUT2D eigenvalue weighted by Crippen LogP contribution is 2.29. The summed E-state index contributed by atoms with van der Waals surface area (Å²) < 4.78 is 10.8. The van der Waals surface area contributed by atoms with Gasteiger partial charge in [0.25, 0.3) is 0 Å². The minimum Gasteiger partial charge on any atom is -0.378 e. The van der Waals surface area contributed by atoms with Crippen LogP contribution in [0.2, 0.25) is 0 Å². The SMILES string of the molecule is CC1OCCC1c1nc(CNC2CC2)no1. The monoisotopic (exact) mass is 223 g/mol. The lowest BCUT2D eigenvalue weighted by atomic mass is 10.0. The van der Waals surface area contributed by atoms with Crippen LogP contribution in [0.25, 0.3) is 0 Å². The summed E-state index contributed by atoms with van der Waals surface area (Å²) in [6.45, 7) is 3.57. The molecule has 0 amide bonds. The molecule has 1 saturated heterocycles. The zero-order chi connectivity index (χ0) is 11.0. The number of hydrogen-bond acceptors (Lipinski definition) is 5. The lowest BCUT2D eigenvalue weighted by molar-refractivity contribution is 0.113. The molecule has 0 spiro atoms. The van der Waals surface area contributed by atoms with Crippen molar-refractivity contribution in [1.29, 1.82) is 0 Å². The Bertz CT molecular complexity index is 362. The summed E-state index contributed by atoms with van der Waals surface area (Å²) in [7, 11) is 0. The molecule has 5 nitrogen and oxygen atoms in total. The zero-order valence-corrected chi connectivity index (χ0v) is 9.48. The van der Waals surface area contributed by atoms with Crippen molar-refractivity contribution in [3.05, 3.63) is 11.7 Å². The van der Waals surface area contributed by atoms with Crippen LogP contribution in [0.5, 0.6) is 0 Å². The molecule has 3 rings (SSSR count). The van der Waals surface area contributed by atoms with E-state index < -0.39 is 0 Å². The van der Waals surface area contributed by atoms with Gasteiger partial charge >= 0.3 is 0 Å². The molecule has 2 fully saturated rings. The van der Waals surface area contributed by atoms with Crippen LogP contribution < -0.4 is 5.32 Å². The average molecular weight is 223 g/mol. The van der Waals surface area contributed by atoms with Crippen molar-refractivity contribution >= 4 is 0 Å². The van der Waals surface area contributed by atoms with Gasteiger partial charge in [0, 0.05) is 12.6 Å². The quantitative estimate of drug-likeness (QED) is 0.831. The maximum absolute atomic E-state index is 5.49. The predicted molar refractivity (Wildman–Crippen MR) is 56.9 cm³/mol. The second-order valence-electron chi connectivity index (χ2n) is 4.68. The molecule has 2 heterocycles. The molecule has 0 aromatic carbocycles. The Morgan fingerprint density at radius 1 is 1.38 bits per heavy atom. The van der Waals surface area contributed by atoms with Gasteiger partial charge in [-0.3, -0.25) is 0 Å². The van der Waals surface area contributed by atoms with Gasteiger partial charge in [-0.2, -0.15) is 4.98 Å². The van der Waals surface area contributed by atoms with Gasteiger partial charge < -0.3 is 14.6 Å². The normalized spacial score (nSPS) is 29.8. The van der Waals surface area contributed by atoms with E-state index >= 15 is 0 Å². The molecule has 1 aromatic rings. The summed E-state index contributed by atoms with van der Waals surface area (Å²) in [6, 6.07) is 0.677. The molecule has 1 N–H and O–H groups in total. The molecular formula is C11H17N3O2. The Hall–Kier alpha value is -0.940. The van der Waals surface area contributed by atoms with Crippen molar-refractivity contribution in [3.8, 4) is 0 Å². The third-order valence-corrected chi connectivity index (χ3v) is 3.30. The van der Waals surface area contributed by atoms with E-state index in [4.69, 9.17) is 9.26 Å². The second kappa shape index (κ2) is 4.14. The van der Waals surface area contributed by atoms with Gasteiger partial charge in [-0.25, -0.2) is 0 Å². The highest BCUT2D eigenvalue weighted by Gasteiger charge is 2.30. The Morgan fingerprint density at radius 2 is 2.25 bits per heavy atom. The van der Waals surface area contributed by atoms with Crippen molar-refractivity contribution in [1.82, 2.24) is 15.5 Å². The Morgan fingerprint density at radius 3 is 2.94 bits per heavy atom. The summed E-state index contributed by atoms with van der Waals surface area (Å²) in [4.78, 5) is 4.42. The second-order valence-corrected chi connectivity index (χ2v) is 4.68. The Kier molecular flexibility index (Phi) is 2.65. The lowest BCUT2D eigenvalue weighted by Crippen LogP contribution is -2.16. The molecule has 2 aliphatic rings. The van der Waals surface area contributed by atoms with Crippen LogP contribution in [0.15, 0.2) is 4.52 Å². The minimum absolute atomic E-state index is 0.199.